The fraction of sp³-hybridized carbons (Fsp3) is 0.727. The normalized spacial score (nSPS) is 10.7. The van der Waals surface area contributed by atoms with Crippen LogP contribution in [0.3, 0.4) is 0 Å². The van der Waals surface area contributed by atoms with Gasteiger partial charge in [0.25, 0.3) is 0 Å². The van der Waals surface area contributed by atoms with Gasteiger partial charge < -0.3 is 0 Å². The van der Waals surface area contributed by atoms with Gasteiger partial charge in [-0.1, -0.05) is 0 Å². The molecular weight excluding hydrogens is 335 g/mol. The van der Waals surface area contributed by atoms with Crippen molar-refractivity contribution in [3.63, 3.8) is 0 Å². The van der Waals surface area contributed by atoms with E-state index in [9.17, 15) is 14.4 Å². The van der Waals surface area contributed by atoms with Crippen molar-refractivity contribution >= 4 is 17.9 Å². The van der Waals surface area contributed by atoms with Crippen LogP contribution in [0.15, 0.2) is 0 Å². The Morgan fingerprint density at radius 2 is 1.05 bits per heavy atom. The zero-order chi connectivity index (χ0) is 14.9. The first-order chi connectivity index (χ1) is 8.92. The molecule has 110 valence electrons. The molecule has 0 spiro atoms. The number of hydrogen-bond acceptors (Lipinski definition) is 7. The first-order valence-electron chi connectivity index (χ1n) is 6.22. The van der Waals surface area contributed by atoms with Crippen molar-refractivity contribution in [2.75, 3.05) is 6.61 Å². The maximum atomic E-state index is 11.4. The van der Waals surface area contributed by atoms with E-state index < -0.39 is 39.9 Å². The maximum absolute atomic E-state index is 11.4. The van der Waals surface area contributed by atoms with E-state index in [1.807, 2.05) is 0 Å². The van der Waals surface area contributed by atoms with Gasteiger partial charge in [-0.05, 0) is 0 Å². The molecule has 0 unspecified atom stereocenters. The van der Waals surface area contributed by atoms with Gasteiger partial charge in [0.2, 0.25) is 0 Å². The molecular formula is C11H20O7Zr. The molecule has 8 heteroatoms. The Hall–Kier alpha value is -0.747. The van der Waals surface area contributed by atoms with E-state index in [-0.39, 0.29) is 25.9 Å². The molecule has 19 heavy (non-hydrogen) atoms. The first kappa shape index (κ1) is 18.3. The molecule has 0 rings (SSSR count). The molecule has 0 aliphatic rings. The van der Waals surface area contributed by atoms with Crippen molar-refractivity contribution < 1.29 is 47.7 Å². The average molecular weight is 355 g/mol. The topological polar surface area (TPSA) is 88.1 Å². The van der Waals surface area contributed by atoms with Crippen molar-refractivity contribution in [2.24, 2.45) is 0 Å². The number of hydrogen-bond donors (Lipinski definition) is 0. The summed E-state index contributed by atoms with van der Waals surface area (Å²) < 4.78 is 20.3. The standard InChI is InChI=1S/3C3H6O2.C2H5O.Zr/c3*1-2-3(4)5;1-2-3;/h3*2H2,1H3,(H,4,5);2H2,1H3;/q;;;-1;+4/p-3. The van der Waals surface area contributed by atoms with Crippen LogP contribution in [0.5, 0.6) is 0 Å². The summed E-state index contributed by atoms with van der Waals surface area (Å²) >= 11 is -4.95. The van der Waals surface area contributed by atoms with Crippen LogP contribution in [0.25, 0.3) is 0 Å². The van der Waals surface area contributed by atoms with Gasteiger partial charge in [0, 0.05) is 0 Å². The van der Waals surface area contributed by atoms with Gasteiger partial charge in [0.1, 0.15) is 0 Å². The van der Waals surface area contributed by atoms with E-state index in [0.717, 1.165) is 0 Å². The Morgan fingerprint density at radius 3 is 1.26 bits per heavy atom. The summed E-state index contributed by atoms with van der Waals surface area (Å²) in [5, 5.41) is 0. The Labute approximate surface area is 119 Å². The van der Waals surface area contributed by atoms with Crippen LogP contribution in [0.1, 0.15) is 47.0 Å². The Balaban J connectivity index is 5.12. The zero-order valence-corrected chi connectivity index (χ0v) is 14.1. The first-order valence-corrected chi connectivity index (χ1v) is 10.2. The second-order valence-corrected chi connectivity index (χ2v) is 8.09. The molecule has 0 radical (unpaired) electrons. The number of rotatable bonds is 8. The van der Waals surface area contributed by atoms with E-state index in [0.29, 0.717) is 0 Å². The van der Waals surface area contributed by atoms with Crippen molar-refractivity contribution in [3.8, 4) is 0 Å². The Kier molecular flexibility index (Phi) is 8.84. The molecule has 0 aromatic carbocycles. The van der Waals surface area contributed by atoms with Crippen LogP contribution in [-0.2, 0) is 47.7 Å². The summed E-state index contributed by atoms with van der Waals surface area (Å²) in [7, 11) is 0. The minimum absolute atomic E-state index is 0.0685. The third kappa shape index (κ3) is 6.82. The summed E-state index contributed by atoms with van der Waals surface area (Å²) in [6.45, 7) is 6.47. The van der Waals surface area contributed by atoms with Crippen molar-refractivity contribution in [1.82, 2.24) is 0 Å². The van der Waals surface area contributed by atoms with Gasteiger partial charge in [0.15, 0.2) is 0 Å². The molecule has 0 aromatic rings. The summed E-state index contributed by atoms with van der Waals surface area (Å²) in [5.41, 5.74) is 0. The Morgan fingerprint density at radius 1 is 0.737 bits per heavy atom. The predicted molar refractivity (Wildman–Crippen MR) is 60.8 cm³/mol. The van der Waals surface area contributed by atoms with Crippen LogP contribution in [0, 0.1) is 0 Å². The van der Waals surface area contributed by atoms with Crippen molar-refractivity contribution in [3.05, 3.63) is 0 Å². The number of carbonyl (C=O) groups is 3. The molecule has 0 aliphatic heterocycles. The molecule has 0 N–H and O–H groups in total. The van der Waals surface area contributed by atoms with E-state index >= 15 is 0 Å². The third-order valence-electron chi connectivity index (χ3n) is 1.90. The molecule has 0 bridgehead atoms. The molecule has 0 fully saturated rings. The van der Waals surface area contributed by atoms with Crippen molar-refractivity contribution in [2.45, 2.75) is 47.0 Å². The quantitative estimate of drug-likeness (QED) is 0.654. The monoisotopic (exact) mass is 354 g/mol. The molecule has 7 nitrogen and oxygen atoms in total. The van der Waals surface area contributed by atoms with Gasteiger partial charge in [-0.2, -0.15) is 0 Å². The molecule has 0 saturated carbocycles. The van der Waals surface area contributed by atoms with E-state index in [2.05, 4.69) is 0 Å². The van der Waals surface area contributed by atoms with Crippen LogP contribution >= 0.6 is 0 Å². The van der Waals surface area contributed by atoms with E-state index in [1.165, 1.54) is 0 Å². The summed E-state index contributed by atoms with van der Waals surface area (Å²) in [6.07, 6.45) is 0.206. The molecule has 0 aliphatic carbocycles. The summed E-state index contributed by atoms with van der Waals surface area (Å²) in [5.74, 6) is -1.88. The van der Waals surface area contributed by atoms with Gasteiger partial charge in [0.05, 0.1) is 0 Å². The van der Waals surface area contributed by atoms with Gasteiger partial charge in [-0.15, -0.1) is 0 Å². The molecule has 0 aromatic heterocycles. The Bertz CT molecular complexity index is 283. The number of carbonyl (C=O) groups excluding carboxylic acids is 3. The molecule has 0 heterocycles. The van der Waals surface area contributed by atoms with Crippen LogP contribution in [0.2, 0.25) is 0 Å². The van der Waals surface area contributed by atoms with Gasteiger partial charge in [-0.25, -0.2) is 0 Å². The third-order valence-corrected chi connectivity index (χ3v) is 7.00. The zero-order valence-electron chi connectivity index (χ0n) is 11.7. The van der Waals surface area contributed by atoms with Gasteiger partial charge in [-0.3, -0.25) is 0 Å². The molecule has 0 saturated heterocycles. The van der Waals surface area contributed by atoms with Crippen molar-refractivity contribution in [1.29, 1.82) is 0 Å². The predicted octanol–water partition coefficient (Wildman–Crippen LogP) is 1.70. The molecule has 0 atom stereocenters. The van der Waals surface area contributed by atoms with Gasteiger partial charge >= 0.3 is 119 Å². The minimum atomic E-state index is -4.95. The fourth-order valence-electron chi connectivity index (χ4n) is 0.962. The second-order valence-electron chi connectivity index (χ2n) is 3.42. The fourth-order valence-corrected chi connectivity index (χ4v) is 5.69. The second kappa shape index (κ2) is 9.20. The van der Waals surface area contributed by atoms with E-state index in [4.69, 9.17) is 11.3 Å². The van der Waals surface area contributed by atoms with Crippen LogP contribution in [-0.4, -0.2) is 24.5 Å². The van der Waals surface area contributed by atoms with Crippen LogP contribution < -0.4 is 0 Å². The van der Waals surface area contributed by atoms with Crippen LogP contribution in [0.4, 0.5) is 0 Å². The SMILES string of the molecule is CC[O][Zr]([O]C(=O)CC)([O]C(=O)CC)[O]C(=O)CC. The average Bonchev–Trinajstić information content (AvgIpc) is 2.38. The molecule has 0 amide bonds. The van der Waals surface area contributed by atoms with E-state index in [1.54, 1.807) is 27.7 Å². The summed E-state index contributed by atoms with van der Waals surface area (Å²) in [4.78, 5) is 34.2. The summed E-state index contributed by atoms with van der Waals surface area (Å²) in [6, 6.07) is 0.